The Morgan fingerprint density at radius 1 is 1.00 bits per heavy atom. The van der Waals surface area contributed by atoms with Crippen molar-refractivity contribution in [3.8, 4) is 5.75 Å². The number of halogens is 3. The molecule has 0 N–H and O–H groups in total. The zero-order chi connectivity index (χ0) is 23.6. The SMILES string of the molecule is O=C1c2cc(OC(F)(F)F)ccc2S(=O)(=O)N1CCCCN1CCN(c2ncccn2)CC1. The van der Waals surface area contributed by atoms with Gasteiger partial charge in [0.25, 0.3) is 15.9 Å². The van der Waals surface area contributed by atoms with Crippen LogP contribution in [-0.4, -0.2) is 79.1 Å². The summed E-state index contributed by atoms with van der Waals surface area (Å²) < 4.78 is 67.2. The van der Waals surface area contributed by atoms with Crippen molar-refractivity contribution >= 4 is 21.9 Å². The Hall–Kier alpha value is -2.93. The van der Waals surface area contributed by atoms with Gasteiger partial charge in [-0.05, 0) is 43.7 Å². The third kappa shape index (κ3) is 5.19. The third-order valence-electron chi connectivity index (χ3n) is 5.50. The van der Waals surface area contributed by atoms with Gasteiger partial charge in [-0.1, -0.05) is 0 Å². The summed E-state index contributed by atoms with van der Waals surface area (Å²) in [6.07, 6.45) is -0.434. The number of fused-ring (bicyclic) bond motifs is 1. The van der Waals surface area contributed by atoms with Crippen LogP contribution in [0.3, 0.4) is 0 Å². The number of ether oxygens (including phenoxy) is 1. The molecule has 33 heavy (non-hydrogen) atoms. The van der Waals surface area contributed by atoms with Gasteiger partial charge in [-0.2, -0.15) is 0 Å². The van der Waals surface area contributed by atoms with Crippen LogP contribution < -0.4 is 9.64 Å². The molecule has 4 rings (SSSR count). The first-order chi connectivity index (χ1) is 15.6. The third-order valence-corrected chi connectivity index (χ3v) is 7.34. The van der Waals surface area contributed by atoms with Crippen molar-refractivity contribution in [1.29, 1.82) is 0 Å². The summed E-state index contributed by atoms with van der Waals surface area (Å²) in [6.45, 7) is 3.88. The van der Waals surface area contributed by atoms with Gasteiger partial charge in [0, 0.05) is 45.1 Å². The van der Waals surface area contributed by atoms with E-state index in [2.05, 4.69) is 24.5 Å². The normalized spacial score (nSPS) is 18.5. The summed E-state index contributed by atoms with van der Waals surface area (Å²) >= 11 is 0. The molecule has 178 valence electrons. The lowest BCUT2D eigenvalue weighted by Gasteiger charge is -2.34. The number of anilines is 1. The van der Waals surface area contributed by atoms with Gasteiger partial charge in [0.1, 0.15) is 10.6 Å². The average Bonchev–Trinajstić information content (AvgIpc) is 2.96. The largest absolute Gasteiger partial charge is 0.573 e. The Morgan fingerprint density at radius 2 is 1.67 bits per heavy atom. The van der Waals surface area contributed by atoms with Gasteiger partial charge in [-0.3, -0.25) is 9.69 Å². The second-order valence-electron chi connectivity index (χ2n) is 7.67. The monoisotopic (exact) mass is 485 g/mol. The van der Waals surface area contributed by atoms with E-state index in [0.29, 0.717) is 18.8 Å². The lowest BCUT2D eigenvalue weighted by atomic mass is 10.2. The summed E-state index contributed by atoms with van der Waals surface area (Å²) in [5.41, 5.74) is -0.309. The molecule has 1 amide bonds. The minimum Gasteiger partial charge on any atom is -0.406 e. The van der Waals surface area contributed by atoms with E-state index in [9.17, 15) is 26.4 Å². The Labute approximate surface area is 188 Å². The number of hydrogen-bond acceptors (Lipinski definition) is 8. The fraction of sp³-hybridized carbons (Fsp3) is 0.450. The number of nitrogens with zero attached hydrogens (tertiary/aromatic N) is 5. The average molecular weight is 485 g/mol. The molecule has 3 heterocycles. The molecule has 9 nitrogen and oxygen atoms in total. The van der Waals surface area contributed by atoms with Crippen LogP contribution in [0.15, 0.2) is 41.6 Å². The van der Waals surface area contributed by atoms with E-state index in [1.165, 1.54) is 0 Å². The number of amides is 1. The molecule has 2 aromatic rings. The Morgan fingerprint density at radius 3 is 2.33 bits per heavy atom. The molecule has 2 aliphatic heterocycles. The van der Waals surface area contributed by atoms with Crippen molar-refractivity contribution in [3.63, 3.8) is 0 Å². The van der Waals surface area contributed by atoms with Crippen molar-refractivity contribution in [3.05, 3.63) is 42.2 Å². The summed E-state index contributed by atoms with van der Waals surface area (Å²) in [6, 6.07) is 4.44. The molecule has 0 aliphatic carbocycles. The highest BCUT2D eigenvalue weighted by Crippen LogP contribution is 2.34. The van der Waals surface area contributed by atoms with Crippen LogP contribution in [0.1, 0.15) is 23.2 Å². The number of sulfonamides is 1. The first-order valence-electron chi connectivity index (χ1n) is 10.4. The number of benzene rings is 1. The highest BCUT2D eigenvalue weighted by Gasteiger charge is 2.41. The molecule has 0 atom stereocenters. The van der Waals surface area contributed by atoms with Gasteiger partial charge < -0.3 is 9.64 Å². The number of hydrogen-bond donors (Lipinski definition) is 0. The molecule has 0 saturated carbocycles. The first-order valence-corrected chi connectivity index (χ1v) is 11.8. The Bertz CT molecular complexity index is 1110. The maximum atomic E-state index is 12.7. The van der Waals surface area contributed by atoms with Crippen LogP contribution in [0.25, 0.3) is 0 Å². The molecule has 1 aromatic carbocycles. The molecule has 0 unspecified atom stereocenters. The smallest absolute Gasteiger partial charge is 0.406 e. The van der Waals surface area contributed by atoms with E-state index in [1.807, 2.05) is 0 Å². The van der Waals surface area contributed by atoms with E-state index in [1.54, 1.807) is 18.5 Å². The van der Waals surface area contributed by atoms with E-state index in [0.717, 1.165) is 55.2 Å². The van der Waals surface area contributed by atoms with Gasteiger partial charge in [-0.15, -0.1) is 13.2 Å². The van der Waals surface area contributed by atoms with Gasteiger partial charge >= 0.3 is 6.36 Å². The Balaban J connectivity index is 1.28. The van der Waals surface area contributed by atoms with Gasteiger partial charge in [-0.25, -0.2) is 22.7 Å². The Kier molecular flexibility index (Phi) is 6.43. The molecular weight excluding hydrogens is 463 g/mol. The molecule has 13 heteroatoms. The highest BCUT2D eigenvalue weighted by molar-refractivity contribution is 7.90. The van der Waals surface area contributed by atoms with Crippen molar-refractivity contribution in [1.82, 2.24) is 19.2 Å². The number of carbonyl (C=O) groups excluding carboxylic acids is 1. The maximum absolute atomic E-state index is 12.7. The number of unbranched alkanes of at least 4 members (excludes halogenated alkanes) is 1. The van der Waals surface area contributed by atoms with Crippen molar-refractivity contribution in [2.75, 3.05) is 44.2 Å². The summed E-state index contributed by atoms with van der Waals surface area (Å²) in [4.78, 5) is 25.1. The molecule has 2 aliphatic rings. The minimum atomic E-state index is -4.94. The fourth-order valence-corrected chi connectivity index (χ4v) is 5.49. The quantitative estimate of drug-likeness (QED) is 0.551. The molecule has 1 fully saturated rings. The van der Waals surface area contributed by atoms with Crippen molar-refractivity contribution in [2.45, 2.75) is 24.1 Å². The molecule has 1 saturated heterocycles. The van der Waals surface area contributed by atoms with E-state index in [4.69, 9.17) is 0 Å². The first kappa shape index (κ1) is 23.2. The number of aromatic nitrogens is 2. The number of carbonyl (C=O) groups is 1. The zero-order valence-electron chi connectivity index (χ0n) is 17.5. The van der Waals surface area contributed by atoms with Gasteiger partial charge in [0.15, 0.2) is 0 Å². The summed E-state index contributed by atoms with van der Waals surface area (Å²) in [7, 11) is -4.09. The topological polar surface area (TPSA) is 95.9 Å². The van der Waals surface area contributed by atoms with Crippen molar-refractivity contribution in [2.24, 2.45) is 0 Å². The van der Waals surface area contributed by atoms with E-state index >= 15 is 0 Å². The maximum Gasteiger partial charge on any atom is 0.573 e. The highest BCUT2D eigenvalue weighted by atomic mass is 32.2. The van der Waals surface area contributed by atoms with Crippen LogP contribution >= 0.6 is 0 Å². The second kappa shape index (κ2) is 9.14. The van der Waals surface area contributed by atoms with Gasteiger partial charge in [0.2, 0.25) is 5.95 Å². The van der Waals surface area contributed by atoms with Gasteiger partial charge in [0.05, 0.1) is 5.56 Å². The molecule has 0 spiro atoms. The number of rotatable bonds is 7. The van der Waals surface area contributed by atoms with Crippen LogP contribution in [0.5, 0.6) is 5.75 Å². The number of piperazine rings is 1. The van der Waals surface area contributed by atoms with Crippen molar-refractivity contribution < 1.29 is 31.1 Å². The summed E-state index contributed by atoms with van der Waals surface area (Å²) in [5, 5.41) is 0. The molecule has 0 bridgehead atoms. The molecule has 1 aromatic heterocycles. The lowest BCUT2D eigenvalue weighted by Crippen LogP contribution is -2.47. The number of alkyl halides is 3. The predicted molar refractivity (Wildman–Crippen MR) is 111 cm³/mol. The van der Waals surface area contributed by atoms with Crippen LogP contribution in [0.4, 0.5) is 19.1 Å². The molecule has 0 radical (unpaired) electrons. The molecular formula is C20H22F3N5O4S. The standard InChI is InChI=1S/C20H22F3N5O4S/c21-20(22,23)32-15-4-5-17-16(14-15)18(29)28(33(17,30)31)9-2-1-8-26-10-12-27(13-11-26)19-24-6-3-7-25-19/h3-7,14H,1-2,8-13H2. The fourth-order valence-electron chi connectivity index (χ4n) is 3.90. The predicted octanol–water partition coefficient (Wildman–Crippen LogP) is 2.12. The van der Waals surface area contributed by atoms with E-state index < -0.39 is 28.0 Å². The van der Waals surface area contributed by atoms with Crippen LogP contribution in [-0.2, 0) is 10.0 Å². The summed E-state index contributed by atoms with van der Waals surface area (Å²) in [5.74, 6) is -0.779. The lowest BCUT2D eigenvalue weighted by molar-refractivity contribution is -0.274. The minimum absolute atomic E-state index is 0.0386. The van der Waals surface area contributed by atoms with Crippen LogP contribution in [0, 0.1) is 0 Å². The van der Waals surface area contributed by atoms with Crippen LogP contribution in [0.2, 0.25) is 0 Å². The van der Waals surface area contributed by atoms with E-state index in [-0.39, 0.29) is 17.0 Å². The second-order valence-corrected chi connectivity index (χ2v) is 9.50. The zero-order valence-corrected chi connectivity index (χ0v) is 18.3.